The van der Waals surface area contributed by atoms with Gasteiger partial charge in [0.15, 0.2) is 0 Å². The van der Waals surface area contributed by atoms with E-state index >= 15 is 0 Å². The Labute approximate surface area is 124 Å². The van der Waals surface area contributed by atoms with Crippen LogP contribution < -0.4 is 10.6 Å². The highest BCUT2D eigenvalue weighted by molar-refractivity contribution is 5.84. The van der Waals surface area contributed by atoms with Crippen LogP contribution in [0.3, 0.4) is 0 Å². The zero-order valence-corrected chi connectivity index (χ0v) is 12.2. The van der Waals surface area contributed by atoms with Gasteiger partial charge in [-0.3, -0.25) is 10.1 Å². The third-order valence-electron chi connectivity index (χ3n) is 3.32. The van der Waals surface area contributed by atoms with Gasteiger partial charge >= 0.3 is 6.09 Å². The van der Waals surface area contributed by atoms with Crippen molar-refractivity contribution in [3.05, 3.63) is 29.8 Å². The molecule has 1 saturated heterocycles. The molecular formula is C15H21N3O3. The van der Waals surface area contributed by atoms with E-state index in [1.54, 1.807) is 4.90 Å². The molecule has 0 aliphatic carbocycles. The molecule has 1 aromatic rings. The number of benzene rings is 1. The minimum absolute atomic E-state index is 0.0996. The summed E-state index contributed by atoms with van der Waals surface area (Å²) in [5.41, 5.74) is 1.82. The van der Waals surface area contributed by atoms with E-state index in [0.29, 0.717) is 31.7 Å². The van der Waals surface area contributed by atoms with Crippen LogP contribution in [0.25, 0.3) is 0 Å². The number of amides is 2. The average molecular weight is 291 g/mol. The van der Waals surface area contributed by atoms with Crippen molar-refractivity contribution in [3.63, 3.8) is 0 Å². The van der Waals surface area contributed by atoms with Gasteiger partial charge in [-0.25, -0.2) is 4.79 Å². The number of carbonyl (C=O) groups excluding carboxylic acids is 2. The molecule has 1 heterocycles. The van der Waals surface area contributed by atoms with Gasteiger partial charge in [-0.05, 0) is 19.1 Å². The Kier molecular flexibility index (Phi) is 5.57. The molecule has 0 aromatic heterocycles. The lowest BCUT2D eigenvalue weighted by molar-refractivity contribution is -0.130. The first-order chi connectivity index (χ1) is 10.1. The first-order valence-electron chi connectivity index (χ1n) is 7.14. The van der Waals surface area contributed by atoms with E-state index in [1.807, 2.05) is 31.2 Å². The highest BCUT2D eigenvalue weighted by Gasteiger charge is 2.16. The van der Waals surface area contributed by atoms with E-state index in [4.69, 9.17) is 4.74 Å². The van der Waals surface area contributed by atoms with Crippen LogP contribution in [-0.4, -0.2) is 49.7 Å². The van der Waals surface area contributed by atoms with Gasteiger partial charge in [0.05, 0.1) is 6.54 Å². The number of hydrogen-bond acceptors (Lipinski definition) is 4. The molecule has 0 saturated carbocycles. The number of ether oxygens (including phenoxy) is 1. The molecule has 1 aliphatic heterocycles. The molecule has 0 atom stereocenters. The summed E-state index contributed by atoms with van der Waals surface area (Å²) in [7, 11) is 0. The quantitative estimate of drug-likeness (QED) is 0.879. The maximum atomic E-state index is 11.7. The van der Waals surface area contributed by atoms with Gasteiger partial charge < -0.3 is 15.0 Å². The fraction of sp³-hybridized carbons (Fsp3) is 0.467. The van der Waals surface area contributed by atoms with Gasteiger partial charge in [0.25, 0.3) is 0 Å². The van der Waals surface area contributed by atoms with Crippen molar-refractivity contribution in [2.24, 2.45) is 0 Å². The molecular weight excluding hydrogens is 270 g/mol. The standard InChI is InChI=1S/C15H21N3O3/c1-12-2-4-13(5-3-12)17-15(20)21-11-10-18-9-8-16-7-6-14(18)19/h2-5,16H,6-11H2,1H3,(H,17,20). The number of nitrogens with zero attached hydrogens (tertiary/aromatic N) is 1. The molecule has 2 N–H and O–H groups in total. The molecule has 6 nitrogen and oxygen atoms in total. The third-order valence-corrected chi connectivity index (χ3v) is 3.32. The predicted molar refractivity (Wildman–Crippen MR) is 80.2 cm³/mol. The van der Waals surface area contributed by atoms with Crippen molar-refractivity contribution in [1.82, 2.24) is 10.2 Å². The summed E-state index contributed by atoms with van der Waals surface area (Å²) in [6.45, 7) is 4.76. The molecule has 114 valence electrons. The Bertz CT molecular complexity index is 487. The Morgan fingerprint density at radius 1 is 1.33 bits per heavy atom. The van der Waals surface area contributed by atoms with Crippen molar-refractivity contribution in [1.29, 1.82) is 0 Å². The maximum Gasteiger partial charge on any atom is 0.411 e. The Hall–Kier alpha value is -2.08. The van der Waals surface area contributed by atoms with E-state index in [1.165, 1.54) is 0 Å². The first kappa shape index (κ1) is 15.3. The highest BCUT2D eigenvalue weighted by atomic mass is 16.5. The fourth-order valence-corrected chi connectivity index (χ4v) is 2.09. The van der Waals surface area contributed by atoms with Crippen LogP contribution in [0.5, 0.6) is 0 Å². The van der Waals surface area contributed by atoms with Gasteiger partial charge in [0.1, 0.15) is 6.61 Å². The number of anilines is 1. The summed E-state index contributed by atoms with van der Waals surface area (Å²) in [5.74, 6) is 0.0996. The molecule has 2 amide bonds. The molecule has 21 heavy (non-hydrogen) atoms. The smallest absolute Gasteiger partial charge is 0.411 e. The van der Waals surface area contributed by atoms with Gasteiger partial charge in [-0.1, -0.05) is 17.7 Å². The Morgan fingerprint density at radius 3 is 2.86 bits per heavy atom. The monoisotopic (exact) mass is 291 g/mol. The minimum Gasteiger partial charge on any atom is -0.447 e. The number of nitrogens with one attached hydrogen (secondary N) is 2. The van der Waals surface area contributed by atoms with E-state index in [2.05, 4.69) is 10.6 Å². The molecule has 0 bridgehead atoms. The molecule has 0 radical (unpaired) electrons. The lowest BCUT2D eigenvalue weighted by Crippen LogP contribution is -2.35. The summed E-state index contributed by atoms with van der Waals surface area (Å²) in [6, 6.07) is 7.47. The van der Waals surface area contributed by atoms with E-state index in [9.17, 15) is 9.59 Å². The van der Waals surface area contributed by atoms with Crippen LogP contribution in [0, 0.1) is 6.92 Å². The van der Waals surface area contributed by atoms with Crippen LogP contribution in [0.4, 0.5) is 10.5 Å². The molecule has 2 rings (SSSR count). The molecule has 0 spiro atoms. The Balaban J connectivity index is 1.71. The van der Waals surface area contributed by atoms with E-state index in [0.717, 1.165) is 12.1 Å². The van der Waals surface area contributed by atoms with Crippen LogP contribution in [-0.2, 0) is 9.53 Å². The number of rotatable bonds is 4. The van der Waals surface area contributed by atoms with Gasteiger partial charge in [0.2, 0.25) is 5.91 Å². The van der Waals surface area contributed by atoms with E-state index < -0.39 is 6.09 Å². The second-order valence-electron chi connectivity index (χ2n) is 5.01. The lowest BCUT2D eigenvalue weighted by atomic mass is 10.2. The average Bonchev–Trinajstić information content (AvgIpc) is 2.67. The second kappa shape index (κ2) is 7.64. The zero-order valence-electron chi connectivity index (χ0n) is 12.2. The van der Waals surface area contributed by atoms with Crippen molar-refractivity contribution in [2.45, 2.75) is 13.3 Å². The SMILES string of the molecule is Cc1ccc(NC(=O)OCCN2CCNCCC2=O)cc1. The summed E-state index contributed by atoms with van der Waals surface area (Å²) in [6.07, 6.45) is -0.00510. The van der Waals surface area contributed by atoms with Crippen LogP contribution >= 0.6 is 0 Å². The van der Waals surface area contributed by atoms with Gasteiger partial charge in [-0.2, -0.15) is 0 Å². The third kappa shape index (κ3) is 5.07. The first-order valence-corrected chi connectivity index (χ1v) is 7.14. The highest BCUT2D eigenvalue weighted by Crippen LogP contribution is 2.08. The normalized spacial score (nSPS) is 15.5. The molecule has 0 unspecified atom stereocenters. The molecule has 6 heteroatoms. The van der Waals surface area contributed by atoms with Crippen molar-refractivity contribution >= 4 is 17.7 Å². The largest absolute Gasteiger partial charge is 0.447 e. The zero-order chi connectivity index (χ0) is 15.1. The van der Waals surface area contributed by atoms with E-state index in [-0.39, 0.29) is 12.5 Å². The summed E-state index contributed by atoms with van der Waals surface area (Å²) < 4.78 is 5.10. The number of aryl methyl sites for hydroxylation is 1. The second-order valence-corrected chi connectivity index (χ2v) is 5.01. The molecule has 1 aromatic carbocycles. The lowest BCUT2D eigenvalue weighted by Gasteiger charge is -2.19. The minimum atomic E-state index is -0.501. The van der Waals surface area contributed by atoms with Crippen molar-refractivity contribution in [3.8, 4) is 0 Å². The van der Waals surface area contributed by atoms with Gasteiger partial charge in [-0.15, -0.1) is 0 Å². The van der Waals surface area contributed by atoms with Crippen LogP contribution in [0.2, 0.25) is 0 Å². The van der Waals surface area contributed by atoms with Crippen molar-refractivity contribution in [2.75, 3.05) is 38.1 Å². The van der Waals surface area contributed by atoms with Crippen LogP contribution in [0.1, 0.15) is 12.0 Å². The van der Waals surface area contributed by atoms with Gasteiger partial charge in [0, 0.05) is 31.7 Å². The summed E-state index contributed by atoms with van der Waals surface area (Å²) >= 11 is 0. The van der Waals surface area contributed by atoms with Crippen molar-refractivity contribution < 1.29 is 14.3 Å². The summed E-state index contributed by atoms with van der Waals surface area (Å²) in [5, 5.41) is 5.81. The summed E-state index contributed by atoms with van der Waals surface area (Å²) in [4.78, 5) is 25.1. The number of hydrogen-bond donors (Lipinski definition) is 2. The Morgan fingerprint density at radius 2 is 2.10 bits per heavy atom. The molecule has 1 aliphatic rings. The molecule has 1 fully saturated rings. The van der Waals surface area contributed by atoms with Crippen LogP contribution in [0.15, 0.2) is 24.3 Å². The predicted octanol–water partition coefficient (Wildman–Crippen LogP) is 1.37. The maximum absolute atomic E-state index is 11.7. The topological polar surface area (TPSA) is 70.7 Å². The number of carbonyl (C=O) groups is 2. The fourth-order valence-electron chi connectivity index (χ4n) is 2.09.